The Morgan fingerprint density at radius 2 is 1.73 bits per heavy atom. The average Bonchev–Trinajstić information content (AvgIpc) is 3.41. The van der Waals surface area contributed by atoms with Gasteiger partial charge in [0, 0.05) is 55.7 Å². The monoisotopic (exact) mass is 494 g/mol. The Labute approximate surface area is 214 Å². The van der Waals surface area contributed by atoms with Crippen LogP contribution in [-0.2, 0) is 4.79 Å². The van der Waals surface area contributed by atoms with Crippen molar-refractivity contribution in [3.63, 3.8) is 0 Å². The Bertz CT molecular complexity index is 1480. The molecule has 0 spiro atoms. The van der Waals surface area contributed by atoms with E-state index < -0.39 is 0 Å². The van der Waals surface area contributed by atoms with Gasteiger partial charge in [0.25, 0.3) is 0 Å². The molecule has 2 aromatic carbocycles. The van der Waals surface area contributed by atoms with Gasteiger partial charge in [-0.2, -0.15) is 0 Å². The zero-order valence-corrected chi connectivity index (χ0v) is 20.4. The lowest BCUT2D eigenvalue weighted by Gasteiger charge is -2.35. The molecule has 4 heterocycles. The van der Waals surface area contributed by atoms with Crippen LogP contribution in [0.3, 0.4) is 0 Å². The first kappa shape index (κ1) is 22.8. The topological polar surface area (TPSA) is 92.7 Å². The Hall–Kier alpha value is -4.66. The summed E-state index contributed by atoms with van der Waals surface area (Å²) < 4.78 is 10.7. The number of aryl methyl sites for hydroxylation is 1. The van der Waals surface area contributed by atoms with Gasteiger partial charge in [0.1, 0.15) is 5.82 Å². The van der Waals surface area contributed by atoms with Gasteiger partial charge in [-0.15, -0.1) is 0 Å². The van der Waals surface area contributed by atoms with Crippen molar-refractivity contribution in [3.05, 3.63) is 78.1 Å². The predicted octanol–water partition coefficient (Wildman–Crippen LogP) is 4.04. The van der Waals surface area contributed by atoms with Crippen LogP contribution >= 0.6 is 0 Å². The minimum absolute atomic E-state index is 0.209. The fraction of sp³-hybridized carbons (Fsp3) is 0.214. The number of carbonyl (C=O) groups is 1. The minimum Gasteiger partial charge on any atom is -0.454 e. The summed E-state index contributed by atoms with van der Waals surface area (Å²) in [5, 5.41) is 3.96. The van der Waals surface area contributed by atoms with E-state index in [1.54, 1.807) is 18.5 Å². The number of fused-ring (bicyclic) bond motifs is 2. The molecule has 186 valence electrons. The van der Waals surface area contributed by atoms with E-state index in [0.29, 0.717) is 11.5 Å². The van der Waals surface area contributed by atoms with Crippen LogP contribution < -0.4 is 24.6 Å². The molecule has 6 rings (SSSR count). The maximum absolute atomic E-state index is 12.5. The number of nitrogens with zero attached hydrogens (tertiary/aromatic N) is 5. The number of carbonyl (C=O) groups excluding carboxylic acids is 1. The molecular formula is C28H26N6O3. The van der Waals surface area contributed by atoms with E-state index in [2.05, 4.69) is 38.1 Å². The lowest BCUT2D eigenvalue weighted by molar-refractivity contribution is -0.111. The Morgan fingerprint density at radius 3 is 2.57 bits per heavy atom. The molecule has 0 saturated carbocycles. The molecule has 4 aromatic rings. The summed E-state index contributed by atoms with van der Waals surface area (Å²) in [6.07, 6.45) is 6.81. The number of anilines is 3. The van der Waals surface area contributed by atoms with Gasteiger partial charge < -0.3 is 24.6 Å². The molecule has 0 unspecified atom stereocenters. The normalized spacial score (nSPS) is 14.9. The number of benzene rings is 2. The third-order valence-electron chi connectivity index (χ3n) is 6.53. The number of rotatable bonds is 5. The van der Waals surface area contributed by atoms with Crippen molar-refractivity contribution in [2.75, 3.05) is 48.1 Å². The molecule has 2 aliphatic heterocycles. The van der Waals surface area contributed by atoms with Crippen LogP contribution in [0.15, 0.2) is 67.0 Å². The van der Waals surface area contributed by atoms with Crippen LogP contribution in [0.2, 0.25) is 0 Å². The highest BCUT2D eigenvalue weighted by Crippen LogP contribution is 2.33. The van der Waals surface area contributed by atoms with Crippen molar-refractivity contribution in [2.45, 2.75) is 6.92 Å². The molecule has 37 heavy (non-hydrogen) atoms. The van der Waals surface area contributed by atoms with Crippen LogP contribution in [0.25, 0.3) is 17.0 Å². The van der Waals surface area contributed by atoms with E-state index in [-0.39, 0.29) is 12.7 Å². The fourth-order valence-corrected chi connectivity index (χ4v) is 4.58. The Morgan fingerprint density at radius 1 is 0.946 bits per heavy atom. The van der Waals surface area contributed by atoms with Gasteiger partial charge in [-0.1, -0.05) is 6.07 Å². The van der Waals surface area contributed by atoms with Crippen LogP contribution in [0.4, 0.5) is 17.5 Å². The molecule has 0 atom stereocenters. The second kappa shape index (κ2) is 9.77. The summed E-state index contributed by atoms with van der Waals surface area (Å²) in [6, 6.07) is 15.3. The van der Waals surface area contributed by atoms with Gasteiger partial charge in [-0.05, 0) is 66.6 Å². The molecule has 0 aliphatic carbocycles. The van der Waals surface area contributed by atoms with Gasteiger partial charge in [0.05, 0.1) is 5.52 Å². The number of ether oxygens (including phenoxy) is 2. The number of hydrogen-bond donors (Lipinski definition) is 1. The Balaban J connectivity index is 1.12. The molecule has 2 aliphatic rings. The third-order valence-corrected chi connectivity index (χ3v) is 6.53. The molecule has 9 heteroatoms. The highest BCUT2D eigenvalue weighted by Gasteiger charge is 2.20. The standard InChI is InChI=1S/C28H26N6O3/c1-19-15-26(33-11-13-34(14-12-33)28-29-9-2-10-30-28)32-23-6-5-21(17-22(19)23)31-27(35)8-4-20-3-7-24-25(16-20)37-18-36-24/h2-10,15-17H,11-14,18H2,1H3,(H,31,35). The molecule has 0 radical (unpaired) electrons. The smallest absolute Gasteiger partial charge is 0.248 e. The highest BCUT2D eigenvalue weighted by atomic mass is 16.7. The van der Waals surface area contributed by atoms with Gasteiger partial charge in [0.2, 0.25) is 18.6 Å². The van der Waals surface area contributed by atoms with Crippen molar-refractivity contribution < 1.29 is 14.3 Å². The number of amides is 1. The SMILES string of the molecule is Cc1cc(N2CCN(c3ncccn3)CC2)nc2ccc(NC(=O)C=Cc3ccc4c(c3)OCO4)cc12. The summed E-state index contributed by atoms with van der Waals surface area (Å²) in [6.45, 7) is 5.68. The van der Waals surface area contributed by atoms with E-state index in [1.807, 2.05) is 42.5 Å². The first-order chi connectivity index (χ1) is 18.1. The second-order valence-electron chi connectivity index (χ2n) is 8.99. The van der Waals surface area contributed by atoms with Gasteiger partial charge in [0.15, 0.2) is 11.5 Å². The second-order valence-corrected chi connectivity index (χ2v) is 8.99. The molecule has 9 nitrogen and oxygen atoms in total. The molecule has 1 fully saturated rings. The maximum Gasteiger partial charge on any atom is 0.248 e. The molecule has 2 aromatic heterocycles. The van der Waals surface area contributed by atoms with Crippen LogP contribution in [0.1, 0.15) is 11.1 Å². The number of aromatic nitrogens is 3. The fourth-order valence-electron chi connectivity index (χ4n) is 4.58. The van der Waals surface area contributed by atoms with E-state index >= 15 is 0 Å². The van der Waals surface area contributed by atoms with Crippen molar-refractivity contribution in [1.29, 1.82) is 0 Å². The molecule has 1 amide bonds. The highest BCUT2D eigenvalue weighted by molar-refractivity contribution is 6.03. The third kappa shape index (κ3) is 4.88. The van der Waals surface area contributed by atoms with Crippen molar-refractivity contribution in [2.24, 2.45) is 0 Å². The quantitative estimate of drug-likeness (QED) is 0.416. The first-order valence-corrected chi connectivity index (χ1v) is 12.2. The predicted molar refractivity (Wildman–Crippen MR) is 143 cm³/mol. The lowest BCUT2D eigenvalue weighted by Crippen LogP contribution is -2.47. The number of pyridine rings is 1. The lowest BCUT2D eigenvalue weighted by atomic mass is 10.1. The van der Waals surface area contributed by atoms with Gasteiger partial charge >= 0.3 is 0 Å². The summed E-state index contributed by atoms with van der Waals surface area (Å²) >= 11 is 0. The van der Waals surface area contributed by atoms with E-state index in [4.69, 9.17) is 14.5 Å². The Kier molecular flexibility index (Phi) is 6.02. The first-order valence-electron chi connectivity index (χ1n) is 12.2. The molecule has 1 N–H and O–H groups in total. The summed E-state index contributed by atoms with van der Waals surface area (Å²) in [7, 11) is 0. The zero-order valence-electron chi connectivity index (χ0n) is 20.4. The van der Waals surface area contributed by atoms with Crippen molar-refractivity contribution in [1.82, 2.24) is 15.0 Å². The van der Waals surface area contributed by atoms with E-state index in [1.165, 1.54) is 6.08 Å². The van der Waals surface area contributed by atoms with Crippen LogP contribution in [-0.4, -0.2) is 53.8 Å². The largest absolute Gasteiger partial charge is 0.454 e. The molecule has 0 bridgehead atoms. The number of piperazine rings is 1. The van der Waals surface area contributed by atoms with E-state index in [0.717, 1.165) is 65.7 Å². The summed E-state index contributed by atoms with van der Waals surface area (Å²) in [5.74, 6) is 2.92. The van der Waals surface area contributed by atoms with Crippen LogP contribution in [0, 0.1) is 6.92 Å². The van der Waals surface area contributed by atoms with Crippen LogP contribution in [0.5, 0.6) is 11.5 Å². The van der Waals surface area contributed by atoms with Crippen molar-refractivity contribution in [3.8, 4) is 11.5 Å². The number of nitrogens with one attached hydrogen (secondary N) is 1. The summed E-state index contributed by atoms with van der Waals surface area (Å²) in [5.41, 5.74) is 3.60. The number of hydrogen-bond acceptors (Lipinski definition) is 8. The molecule has 1 saturated heterocycles. The zero-order chi connectivity index (χ0) is 25.2. The summed E-state index contributed by atoms with van der Waals surface area (Å²) in [4.78, 5) is 30.7. The maximum atomic E-state index is 12.5. The van der Waals surface area contributed by atoms with Crippen molar-refractivity contribution >= 4 is 40.3 Å². The average molecular weight is 495 g/mol. The molecular weight excluding hydrogens is 468 g/mol. The van der Waals surface area contributed by atoms with Gasteiger partial charge in [-0.3, -0.25) is 4.79 Å². The van der Waals surface area contributed by atoms with E-state index in [9.17, 15) is 4.79 Å². The van der Waals surface area contributed by atoms with Gasteiger partial charge in [-0.25, -0.2) is 15.0 Å². The minimum atomic E-state index is -0.209.